The Balaban J connectivity index is 1.81. The first kappa shape index (κ1) is 25.8. The first-order valence-corrected chi connectivity index (χ1v) is 12.3. The van der Waals surface area contributed by atoms with Crippen molar-refractivity contribution in [3.05, 3.63) is 95.1 Å². The van der Waals surface area contributed by atoms with Crippen LogP contribution in [0.4, 0.5) is 0 Å². The summed E-state index contributed by atoms with van der Waals surface area (Å²) in [5.41, 5.74) is 2.15. The van der Waals surface area contributed by atoms with Crippen LogP contribution < -0.4 is 14.2 Å². The van der Waals surface area contributed by atoms with Crippen LogP contribution in [-0.2, 0) is 16.0 Å². The predicted molar refractivity (Wildman–Crippen MR) is 141 cm³/mol. The topological polar surface area (TPSA) is 85.3 Å². The van der Waals surface area contributed by atoms with Gasteiger partial charge >= 0.3 is 0 Å². The van der Waals surface area contributed by atoms with Crippen molar-refractivity contribution in [2.75, 3.05) is 26.9 Å². The van der Waals surface area contributed by atoms with Crippen LogP contribution in [0.15, 0.2) is 78.4 Å². The van der Waals surface area contributed by atoms with E-state index in [1.165, 1.54) is 4.90 Å². The third kappa shape index (κ3) is 5.45. The molecule has 1 atom stereocenters. The molecule has 1 N–H and O–H groups in total. The van der Waals surface area contributed by atoms with E-state index in [1.807, 2.05) is 44.2 Å². The Morgan fingerprint density at radius 1 is 0.892 bits per heavy atom. The highest BCUT2D eigenvalue weighted by atomic mass is 16.5. The number of ketones is 1. The van der Waals surface area contributed by atoms with Gasteiger partial charge in [0.15, 0.2) is 11.5 Å². The summed E-state index contributed by atoms with van der Waals surface area (Å²) in [6, 6.07) is 21.0. The second-order valence-electron chi connectivity index (χ2n) is 8.53. The summed E-state index contributed by atoms with van der Waals surface area (Å²) in [4.78, 5) is 28.2. The number of aliphatic hydroxyl groups is 1. The SMILES string of the molecule is CCOc1ccc(C2C(=C(O)c3ccc(OC)cc3)C(=O)C(=O)N2CCc2ccccc2)cc1OCC. The van der Waals surface area contributed by atoms with Gasteiger partial charge in [-0.25, -0.2) is 0 Å². The van der Waals surface area contributed by atoms with E-state index in [9.17, 15) is 14.7 Å². The van der Waals surface area contributed by atoms with E-state index in [4.69, 9.17) is 14.2 Å². The Kier molecular flexibility index (Phi) is 8.13. The molecule has 192 valence electrons. The minimum Gasteiger partial charge on any atom is -0.507 e. The van der Waals surface area contributed by atoms with Crippen molar-refractivity contribution in [1.29, 1.82) is 0 Å². The van der Waals surface area contributed by atoms with Crippen LogP contribution in [0.2, 0.25) is 0 Å². The number of carbonyl (C=O) groups excluding carboxylic acids is 2. The number of carbonyl (C=O) groups is 2. The van der Waals surface area contributed by atoms with E-state index in [1.54, 1.807) is 49.6 Å². The van der Waals surface area contributed by atoms with Crippen molar-refractivity contribution in [3.63, 3.8) is 0 Å². The highest BCUT2D eigenvalue weighted by Crippen LogP contribution is 2.42. The number of amides is 1. The maximum atomic E-state index is 13.3. The van der Waals surface area contributed by atoms with Gasteiger partial charge in [-0.1, -0.05) is 36.4 Å². The zero-order valence-corrected chi connectivity index (χ0v) is 21.3. The number of hydrogen-bond acceptors (Lipinski definition) is 6. The van der Waals surface area contributed by atoms with Crippen molar-refractivity contribution in [2.24, 2.45) is 0 Å². The number of aliphatic hydroxyl groups excluding tert-OH is 1. The summed E-state index contributed by atoms with van der Waals surface area (Å²) in [6.45, 7) is 4.95. The van der Waals surface area contributed by atoms with Crippen LogP contribution in [-0.4, -0.2) is 48.6 Å². The van der Waals surface area contributed by atoms with Gasteiger partial charge in [-0.2, -0.15) is 0 Å². The standard InChI is InChI=1S/C30H31NO6/c1-4-36-24-16-13-22(19-25(24)37-5-2)27-26(28(32)21-11-14-23(35-3)15-12-21)29(33)30(34)31(27)18-17-20-9-7-6-8-10-20/h6-16,19,27,32H,4-5,17-18H2,1-3H3. The van der Waals surface area contributed by atoms with Crippen molar-refractivity contribution >= 4 is 17.4 Å². The zero-order chi connectivity index (χ0) is 26.4. The van der Waals surface area contributed by atoms with Gasteiger partial charge in [0.25, 0.3) is 11.7 Å². The van der Waals surface area contributed by atoms with Crippen molar-refractivity contribution in [3.8, 4) is 17.2 Å². The number of likely N-dealkylation sites (tertiary alicyclic amines) is 1. The molecule has 1 fully saturated rings. The molecular weight excluding hydrogens is 470 g/mol. The van der Waals surface area contributed by atoms with Gasteiger partial charge in [-0.3, -0.25) is 9.59 Å². The molecule has 7 nitrogen and oxygen atoms in total. The molecule has 3 aromatic rings. The molecule has 1 aliphatic heterocycles. The van der Waals surface area contributed by atoms with Crippen molar-refractivity contribution < 1.29 is 28.9 Å². The molecule has 4 rings (SSSR count). The molecule has 1 amide bonds. The van der Waals surface area contributed by atoms with Gasteiger partial charge in [0.05, 0.1) is 31.9 Å². The van der Waals surface area contributed by atoms with Gasteiger partial charge in [0, 0.05) is 12.1 Å². The third-order valence-electron chi connectivity index (χ3n) is 6.27. The Hall–Kier alpha value is -4.26. The largest absolute Gasteiger partial charge is 0.507 e. The number of ether oxygens (including phenoxy) is 3. The molecule has 1 heterocycles. The van der Waals surface area contributed by atoms with Crippen molar-refractivity contribution in [2.45, 2.75) is 26.3 Å². The van der Waals surface area contributed by atoms with Gasteiger partial charge in [0.2, 0.25) is 0 Å². The van der Waals surface area contributed by atoms with E-state index in [2.05, 4.69) is 0 Å². The molecule has 0 radical (unpaired) electrons. The van der Waals surface area contributed by atoms with Crippen LogP contribution in [0.1, 0.15) is 36.6 Å². The van der Waals surface area contributed by atoms with E-state index in [-0.39, 0.29) is 11.3 Å². The van der Waals surface area contributed by atoms with Crippen LogP contribution in [0.5, 0.6) is 17.2 Å². The van der Waals surface area contributed by atoms with E-state index >= 15 is 0 Å². The van der Waals surface area contributed by atoms with Gasteiger partial charge in [-0.15, -0.1) is 0 Å². The summed E-state index contributed by atoms with van der Waals surface area (Å²) < 4.78 is 16.7. The molecular formula is C30H31NO6. The zero-order valence-electron chi connectivity index (χ0n) is 21.3. The Morgan fingerprint density at radius 3 is 2.22 bits per heavy atom. The molecule has 1 unspecified atom stereocenters. The fourth-order valence-electron chi connectivity index (χ4n) is 4.49. The van der Waals surface area contributed by atoms with Crippen LogP contribution in [0.3, 0.4) is 0 Å². The lowest BCUT2D eigenvalue weighted by Crippen LogP contribution is -2.31. The molecule has 1 saturated heterocycles. The number of Topliss-reactive ketones (excluding diaryl/α,β-unsaturated/α-hetero) is 1. The Morgan fingerprint density at radius 2 is 1.57 bits per heavy atom. The second kappa shape index (κ2) is 11.6. The molecule has 37 heavy (non-hydrogen) atoms. The molecule has 7 heteroatoms. The van der Waals surface area contributed by atoms with Crippen LogP contribution in [0.25, 0.3) is 5.76 Å². The summed E-state index contributed by atoms with van der Waals surface area (Å²) >= 11 is 0. The molecule has 0 bridgehead atoms. The highest BCUT2D eigenvalue weighted by Gasteiger charge is 2.46. The minimum absolute atomic E-state index is 0.0369. The number of hydrogen-bond donors (Lipinski definition) is 1. The third-order valence-corrected chi connectivity index (χ3v) is 6.27. The average Bonchev–Trinajstić information content (AvgIpc) is 3.18. The fourth-order valence-corrected chi connectivity index (χ4v) is 4.49. The number of methoxy groups -OCH3 is 1. The lowest BCUT2D eigenvalue weighted by molar-refractivity contribution is -0.139. The summed E-state index contributed by atoms with van der Waals surface area (Å²) in [5.74, 6) is 0.0924. The van der Waals surface area contributed by atoms with Gasteiger partial charge in [-0.05, 0) is 67.8 Å². The van der Waals surface area contributed by atoms with E-state index < -0.39 is 17.7 Å². The Labute approximate surface area is 216 Å². The number of nitrogens with zero attached hydrogens (tertiary/aromatic N) is 1. The van der Waals surface area contributed by atoms with Crippen LogP contribution in [0, 0.1) is 0 Å². The number of rotatable bonds is 10. The summed E-state index contributed by atoms with van der Waals surface area (Å²) in [6.07, 6.45) is 0.558. The molecule has 1 aliphatic rings. The monoisotopic (exact) mass is 501 g/mol. The first-order chi connectivity index (χ1) is 18.0. The maximum absolute atomic E-state index is 13.3. The van der Waals surface area contributed by atoms with Gasteiger partial charge < -0.3 is 24.2 Å². The number of benzene rings is 3. The summed E-state index contributed by atoms with van der Waals surface area (Å²) in [7, 11) is 1.55. The average molecular weight is 502 g/mol. The van der Waals surface area contributed by atoms with Gasteiger partial charge in [0.1, 0.15) is 11.5 Å². The minimum atomic E-state index is -0.791. The lowest BCUT2D eigenvalue weighted by atomic mass is 9.94. The molecule has 0 aliphatic carbocycles. The second-order valence-corrected chi connectivity index (χ2v) is 8.53. The van der Waals surface area contributed by atoms with E-state index in [0.29, 0.717) is 54.6 Å². The first-order valence-electron chi connectivity index (χ1n) is 12.3. The van der Waals surface area contributed by atoms with E-state index in [0.717, 1.165) is 5.56 Å². The van der Waals surface area contributed by atoms with Crippen LogP contribution >= 0.6 is 0 Å². The lowest BCUT2D eigenvalue weighted by Gasteiger charge is -2.26. The smallest absolute Gasteiger partial charge is 0.295 e. The molecule has 0 spiro atoms. The molecule has 3 aromatic carbocycles. The predicted octanol–water partition coefficient (Wildman–Crippen LogP) is 5.16. The highest BCUT2D eigenvalue weighted by molar-refractivity contribution is 6.46. The maximum Gasteiger partial charge on any atom is 0.295 e. The summed E-state index contributed by atoms with van der Waals surface area (Å²) in [5, 5.41) is 11.3. The quantitative estimate of drug-likeness (QED) is 0.235. The Bertz CT molecular complexity index is 1280. The normalized spacial score (nSPS) is 16.6. The van der Waals surface area contributed by atoms with Crippen molar-refractivity contribution in [1.82, 2.24) is 4.90 Å². The fraction of sp³-hybridized carbons (Fsp3) is 0.267. The molecule has 0 saturated carbocycles. The molecule has 0 aromatic heterocycles.